The predicted molar refractivity (Wildman–Crippen MR) is 85.9 cm³/mol. The average Bonchev–Trinajstić information content (AvgIpc) is 2.85. The molecule has 12 heteroatoms. The second kappa shape index (κ2) is 5.65. The summed E-state index contributed by atoms with van der Waals surface area (Å²) in [5.41, 5.74) is -1.20. The molecule has 0 spiro atoms. The third-order valence-electron chi connectivity index (χ3n) is 4.14. The van der Waals surface area contributed by atoms with Crippen molar-refractivity contribution in [1.82, 2.24) is 4.57 Å². The number of aliphatic carboxylic acids is 1. The molecule has 1 atom stereocenters. The topological polar surface area (TPSA) is 139 Å². The summed E-state index contributed by atoms with van der Waals surface area (Å²) in [6.45, 7) is 0. The number of halogens is 4. The van der Waals surface area contributed by atoms with E-state index in [9.17, 15) is 38.2 Å². The maximum atomic E-state index is 14.1. The number of aromatic nitrogens is 1. The maximum Gasteiger partial charge on any atom is 0.418 e. The van der Waals surface area contributed by atoms with Gasteiger partial charge in [0.2, 0.25) is 17.2 Å². The Morgan fingerprint density at radius 2 is 1.96 bits per heavy atom. The van der Waals surface area contributed by atoms with Gasteiger partial charge in [0.1, 0.15) is 11.6 Å². The van der Waals surface area contributed by atoms with Crippen LogP contribution in [0.5, 0.6) is 5.88 Å². The van der Waals surface area contributed by atoms with E-state index < -0.39 is 46.6 Å². The predicted octanol–water partition coefficient (Wildman–Crippen LogP) is 2.90. The summed E-state index contributed by atoms with van der Waals surface area (Å²) in [6, 6.07) is 4.78. The van der Waals surface area contributed by atoms with E-state index in [2.05, 4.69) is 15.9 Å². The number of ether oxygens (including phenoxy) is 1. The highest BCUT2D eigenvalue weighted by atomic mass is 79.9. The standard InChI is InChI=1S/C15H7BrF3N3O5/c16-5-1-2-8-6(3-5)9-11(22(8)13(25)26)27-10(21)7(4-20)14(9,12(23)24)15(17,18)19/h1-3H,21H2,(H,23,24)(H,25,26). The first kappa shape index (κ1) is 18.6. The minimum Gasteiger partial charge on any atom is -0.480 e. The molecule has 2 aromatic rings. The van der Waals surface area contributed by atoms with Crippen molar-refractivity contribution in [2.24, 2.45) is 5.73 Å². The normalized spacial score (nSPS) is 19.4. The molecular formula is C15H7BrF3N3O5. The highest BCUT2D eigenvalue weighted by molar-refractivity contribution is 9.10. The maximum absolute atomic E-state index is 14.1. The van der Waals surface area contributed by atoms with Gasteiger partial charge in [-0.3, -0.25) is 4.79 Å². The molecule has 0 amide bonds. The van der Waals surface area contributed by atoms with Gasteiger partial charge >= 0.3 is 18.2 Å². The first-order valence-corrected chi connectivity index (χ1v) is 7.73. The van der Waals surface area contributed by atoms with Crippen molar-refractivity contribution in [1.29, 1.82) is 5.26 Å². The second-order valence-corrected chi connectivity index (χ2v) is 6.38. The molecule has 1 aliphatic heterocycles. The van der Waals surface area contributed by atoms with Crippen LogP contribution in [-0.4, -0.2) is 33.0 Å². The number of hydrogen-bond acceptors (Lipinski definition) is 5. The van der Waals surface area contributed by atoms with Gasteiger partial charge in [0.05, 0.1) is 11.1 Å². The van der Waals surface area contributed by atoms with E-state index in [0.29, 0.717) is 4.57 Å². The van der Waals surface area contributed by atoms with Gasteiger partial charge in [-0.25, -0.2) is 9.36 Å². The zero-order valence-corrected chi connectivity index (χ0v) is 14.4. The summed E-state index contributed by atoms with van der Waals surface area (Å²) in [5, 5.41) is 27.9. The summed E-state index contributed by atoms with van der Waals surface area (Å²) in [6.07, 6.45) is -7.26. The van der Waals surface area contributed by atoms with Gasteiger partial charge in [0.25, 0.3) is 0 Å². The lowest BCUT2D eigenvalue weighted by molar-refractivity contribution is -0.197. The van der Waals surface area contributed by atoms with Crippen molar-refractivity contribution >= 4 is 38.9 Å². The van der Waals surface area contributed by atoms with Gasteiger partial charge in [-0.05, 0) is 18.2 Å². The summed E-state index contributed by atoms with van der Waals surface area (Å²) >= 11 is 3.05. The number of nitriles is 1. The molecule has 1 aromatic carbocycles. The number of fused-ring (bicyclic) bond motifs is 3. The molecule has 0 bridgehead atoms. The molecule has 1 unspecified atom stereocenters. The number of carboxylic acid groups (broad SMARTS) is 2. The van der Waals surface area contributed by atoms with Crippen LogP contribution in [0.2, 0.25) is 0 Å². The number of rotatable bonds is 1. The van der Waals surface area contributed by atoms with Crippen molar-refractivity contribution in [3.05, 3.63) is 39.7 Å². The van der Waals surface area contributed by atoms with Crippen LogP contribution < -0.4 is 10.5 Å². The summed E-state index contributed by atoms with van der Waals surface area (Å²) in [7, 11) is 0. The average molecular weight is 446 g/mol. The van der Waals surface area contributed by atoms with Crippen molar-refractivity contribution < 1.29 is 37.7 Å². The van der Waals surface area contributed by atoms with Crippen LogP contribution in [0.4, 0.5) is 18.0 Å². The molecule has 27 heavy (non-hydrogen) atoms. The molecule has 0 aliphatic carbocycles. The van der Waals surface area contributed by atoms with Gasteiger partial charge in [-0.1, -0.05) is 15.9 Å². The highest BCUT2D eigenvalue weighted by Gasteiger charge is 2.70. The monoisotopic (exact) mass is 445 g/mol. The van der Waals surface area contributed by atoms with Crippen LogP contribution in [0.15, 0.2) is 34.1 Å². The fourth-order valence-electron chi connectivity index (χ4n) is 3.11. The molecule has 4 N–H and O–H groups in total. The van der Waals surface area contributed by atoms with Crippen molar-refractivity contribution in [3.63, 3.8) is 0 Å². The van der Waals surface area contributed by atoms with Crippen molar-refractivity contribution in [3.8, 4) is 11.9 Å². The highest BCUT2D eigenvalue weighted by Crippen LogP contribution is 2.56. The van der Waals surface area contributed by atoms with E-state index in [1.807, 2.05) is 0 Å². The zero-order chi connectivity index (χ0) is 20.3. The molecule has 0 saturated carbocycles. The van der Waals surface area contributed by atoms with Crippen LogP contribution >= 0.6 is 15.9 Å². The van der Waals surface area contributed by atoms with Crippen LogP contribution in [0.25, 0.3) is 10.9 Å². The van der Waals surface area contributed by atoms with E-state index in [1.54, 1.807) is 0 Å². The molecule has 3 rings (SSSR count). The van der Waals surface area contributed by atoms with E-state index >= 15 is 0 Å². The van der Waals surface area contributed by atoms with E-state index in [0.717, 1.165) is 12.1 Å². The summed E-state index contributed by atoms with van der Waals surface area (Å²) in [4.78, 5) is 23.6. The molecule has 8 nitrogen and oxygen atoms in total. The molecule has 0 fully saturated rings. The quantitative estimate of drug-likeness (QED) is 0.612. The number of nitrogens with two attached hydrogens (primary N) is 1. The molecule has 140 valence electrons. The smallest absolute Gasteiger partial charge is 0.418 e. The van der Waals surface area contributed by atoms with Crippen molar-refractivity contribution in [2.45, 2.75) is 11.6 Å². The number of carbonyl (C=O) groups is 2. The number of carboxylic acids is 1. The molecule has 2 heterocycles. The molecule has 0 saturated heterocycles. The minimum atomic E-state index is -5.53. The van der Waals surface area contributed by atoms with Crippen LogP contribution in [-0.2, 0) is 10.2 Å². The third kappa shape index (κ3) is 2.21. The lowest BCUT2D eigenvalue weighted by Gasteiger charge is -2.35. The molecule has 1 aliphatic rings. The fourth-order valence-corrected chi connectivity index (χ4v) is 3.47. The third-order valence-corrected chi connectivity index (χ3v) is 4.63. The number of benzene rings is 1. The number of alkyl halides is 3. The summed E-state index contributed by atoms with van der Waals surface area (Å²) < 4.78 is 48.0. The summed E-state index contributed by atoms with van der Waals surface area (Å²) in [5.74, 6) is -4.52. The number of hydrogen-bond donors (Lipinski definition) is 3. The second-order valence-electron chi connectivity index (χ2n) is 5.47. The van der Waals surface area contributed by atoms with E-state index in [-0.39, 0.29) is 15.4 Å². The molecule has 0 radical (unpaired) electrons. The van der Waals surface area contributed by atoms with Crippen molar-refractivity contribution in [2.75, 3.05) is 0 Å². The van der Waals surface area contributed by atoms with Gasteiger partial charge < -0.3 is 20.7 Å². The Bertz CT molecular complexity index is 1100. The van der Waals surface area contributed by atoms with Crippen LogP contribution in [0.1, 0.15) is 5.56 Å². The Morgan fingerprint density at radius 1 is 1.33 bits per heavy atom. The molecule has 1 aromatic heterocycles. The van der Waals surface area contributed by atoms with Gasteiger partial charge in [0.15, 0.2) is 0 Å². The zero-order valence-electron chi connectivity index (χ0n) is 12.8. The molecular weight excluding hydrogens is 439 g/mol. The first-order chi connectivity index (χ1) is 12.5. The lowest BCUT2D eigenvalue weighted by atomic mass is 9.72. The Hall–Kier alpha value is -3.20. The van der Waals surface area contributed by atoms with Crippen LogP contribution in [0, 0.1) is 11.3 Å². The van der Waals surface area contributed by atoms with Gasteiger partial charge in [-0.2, -0.15) is 18.4 Å². The fraction of sp³-hybridized carbons (Fsp3) is 0.133. The van der Waals surface area contributed by atoms with E-state index in [4.69, 9.17) is 10.5 Å². The minimum absolute atomic E-state index is 0.253. The Balaban J connectivity index is 2.67. The Morgan fingerprint density at radius 3 is 2.44 bits per heavy atom. The Labute approximate surface area is 156 Å². The van der Waals surface area contributed by atoms with Crippen LogP contribution in [0.3, 0.4) is 0 Å². The first-order valence-electron chi connectivity index (χ1n) is 6.94. The largest absolute Gasteiger partial charge is 0.480 e. The lowest BCUT2D eigenvalue weighted by Crippen LogP contribution is -2.53. The van der Waals surface area contributed by atoms with Gasteiger partial charge in [0, 0.05) is 9.86 Å². The number of nitrogens with zero attached hydrogens (tertiary/aromatic N) is 2. The SMILES string of the molecule is N#CC1=C(N)Oc2c(c3cc(Br)ccc3n2C(=O)O)C1(C(=O)O)C(F)(F)F. The van der Waals surface area contributed by atoms with Gasteiger partial charge in [-0.15, -0.1) is 0 Å². The Kier molecular flexibility index (Phi) is 3.89. The van der Waals surface area contributed by atoms with E-state index in [1.165, 1.54) is 12.1 Å².